The molecular weight excluding hydrogens is 442 g/mol. The van der Waals surface area contributed by atoms with Gasteiger partial charge in [0.05, 0.1) is 16.9 Å². The number of carbonyl (C=O) groups is 1. The molecule has 1 fully saturated rings. The van der Waals surface area contributed by atoms with Gasteiger partial charge in [-0.15, -0.1) is 0 Å². The molecule has 0 radical (unpaired) electrons. The topological polar surface area (TPSA) is 90.5 Å². The summed E-state index contributed by atoms with van der Waals surface area (Å²) in [6, 6.07) is 12.9. The fraction of sp³-hybridized carbons (Fsp3) is 0.250. The number of ether oxygens (including phenoxy) is 1. The van der Waals surface area contributed by atoms with Gasteiger partial charge in [-0.2, -0.15) is 5.10 Å². The summed E-state index contributed by atoms with van der Waals surface area (Å²) in [6.07, 6.45) is 3.64. The molecule has 0 aliphatic heterocycles. The molecule has 4 aromatic rings. The van der Waals surface area contributed by atoms with Crippen LogP contribution in [0.1, 0.15) is 24.2 Å². The van der Waals surface area contributed by atoms with E-state index in [0.29, 0.717) is 33.4 Å². The maximum atomic E-state index is 13.4. The Morgan fingerprint density at radius 1 is 1.21 bits per heavy atom. The second kappa shape index (κ2) is 8.37. The van der Waals surface area contributed by atoms with E-state index >= 15 is 0 Å². The summed E-state index contributed by atoms with van der Waals surface area (Å²) in [6.45, 7) is 3.55. The maximum Gasteiger partial charge on any atom is 0.267 e. The Balaban J connectivity index is 1.52. The Hall–Kier alpha value is -3.65. The number of aryl methyl sites for hydroxylation is 2. The van der Waals surface area contributed by atoms with Crippen LogP contribution in [0.15, 0.2) is 53.5 Å². The number of rotatable bonds is 6. The molecule has 0 bridgehead atoms. The van der Waals surface area contributed by atoms with Gasteiger partial charge in [0.2, 0.25) is 0 Å². The molecule has 3 heterocycles. The van der Waals surface area contributed by atoms with Gasteiger partial charge in [0.25, 0.3) is 11.5 Å². The van der Waals surface area contributed by atoms with Crippen LogP contribution in [0.4, 0.5) is 0 Å². The SMILES string of the molecule is Cc1nc2c(OCC(=O)NC3CC3)cccn2c(=O)c1-c1cc(C)n(-c2cccc(Cl)c2)n1. The van der Waals surface area contributed by atoms with E-state index in [0.717, 1.165) is 24.2 Å². The van der Waals surface area contributed by atoms with Crippen molar-refractivity contribution >= 4 is 23.2 Å². The summed E-state index contributed by atoms with van der Waals surface area (Å²) in [5.74, 6) is 0.188. The predicted molar refractivity (Wildman–Crippen MR) is 125 cm³/mol. The Kier molecular flexibility index (Phi) is 5.38. The molecule has 0 atom stereocenters. The normalized spacial score (nSPS) is 13.3. The van der Waals surface area contributed by atoms with Crippen LogP contribution in [0.5, 0.6) is 5.75 Å². The van der Waals surface area contributed by atoms with Crippen molar-refractivity contribution in [3.05, 3.63) is 75.4 Å². The standard InChI is InChI=1S/C24H22ClN5O3/c1-14-11-19(28-30(14)18-6-3-5-16(25)12-18)22-15(2)26-23-20(7-4-10-29(23)24(22)32)33-13-21(31)27-17-8-9-17/h3-7,10-12,17H,8-9,13H2,1-2H3,(H,27,31). The van der Waals surface area contributed by atoms with Crippen LogP contribution in [-0.4, -0.2) is 37.7 Å². The molecule has 1 aliphatic rings. The van der Waals surface area contributed by atoms with Crippen LogP contribution < -0.4 is 15.6 Å². The molecule has 8 nitrogen and oxygen atoms in total. The zero-order valence-corrected chi connectivity index (χ0v) is 19.0. The van der Waals surface area contributed by atoms with Crippen molar-refractivity contribution in [1.82, 2.24) is 24.5 Å². The summed E-state index contributed by atoms with van der Waals surface area (Å²) in [5.41, 5.74) is 3.20. The molecule has 3 aromatic heterocycles. The molecule has 1 saturated carbocycles. The van der Waals surface area contributed by atoms with Crippen LogP contribution in [-0.2, 0) is 4.79 Å². The van der Waals surface area contributed by atoms with Crippen molar-refractivity contribution in [2.24, 2.45) is 0 Å². The van der Waals surface area contributed by atoms with Crippen LogP contribution >= 0.6 is 11.6 Å². The van der Waals surface area contributed by atoms with Crippen molar-refractivity contribution in [2.45, 2.75) is 32.7 Å². The lowest BCUT2D eigenvalue weighted by Gasteiger charge is -2.11. The summed E-state index contributed by atoms with van der Waals surface area (Å²) >= 11 is 6.13. The second-order valence-corrected chi connectivity index (χ2v) is 8.57. The average molecular weight is 464 g/mol. The molecule has 5 rings (SSSR count). The Bertz CT molecular complexity index is 1440. The zero-order valence-electron chi connectivity index (χ0n) is 18.2. The number of nitrogens with one attached hydrogen (secondary N) is 1. The van der Waals surface area contributed by atoms with Gasteiger partial charge in [0, 0.05) is 23.0 Å². The minimum absolute atomic E-state index is 0.129. The lowest BCUT2D eigenvalue weighted by atomic mass is 10.1. The maximum absolute atomic E-state index is 13.4. The highest BCUT2D eigenvalue weighted by Crippen LogP contribution is 2.25. The number of hydrogen-bond donors (Lipinski definition) is 1. The number of aromatic nitrogens is 4. The van der Waals surface area contributed by atoms with Gasteiger partial charge in [-0.1, -0.05) is 17.7 Å². The third kappa shape index (κ3) is 4.21. The van der Waals surface area contributed by atoms with Gasteiger partial charge in [-0.3, -0.25) is 14.0 Å². The first-order valence-electron chi connectivity index (χ1n) is 10.7. The van der Waals surface area contributed by atoms with Crippen LogP contribution in [0.3, 0.4) is 0 Å². The molecule has 1 amide bonds. The van der Waals surface area contributed by atoms with E-state index < -0.39 is 0 Å². The Labute approximate surface area is 194 Å². The minimum atomic E-state index is -0.263. The fourth-order valence-electron chi connectivity index (χ4n) is 3.76. The first kappa shape index (κ1) is 21.2. The van der Waals surface area contributed by atoms with Gasteiger partial charge in [0.15, 0.2) is 18.0 Å². The molecule has 0 unspecified atom stereocenters. The Morgan fingerprint density at radius 3 is 2.79 bits per heavy atom. The molecule has 1 aromatic carbocycles. The lowest BCUT2D eigenvalue weighted by molar-refractivity contribution is -0.123. The summed E-state index contributed by atoms with van der Waals surface area (Å²) in [7, 11) is 0. The number of carbonyl (C=O) groups excluding carboxylic acids is 1. The van der Waals surface area contributed by atoms with Crippen LogP contribution in [0.2, 0.25) is 5.02 Å². The van der Waals surface area contributed by atoms with E-state index in [1.807, 2.05) is 31.2 Å². The molecule has 33 heavy (non-hydrogen) atoms. The van der Waals surface area contributed by atoms with E-state index in [4.69, 9.17) is 16.3 Å². The van der Waals surface area contributed by atoms with E-state index in [1.165, 1.54) is 4.40 Å². The number of amides is 1. The number of pyridine rings is 1. The lowest BCUT2D eigenvalue weighted by Crippen LogP contribution is -2.30. The number of hydrogen-bond acceptors (Lipinski definition) is 5. The van der Waals surface area contributed by atoms with Crippen LogP contribution in [0, 0.1) is 13.8 Å². The highest BCUT2D eigenvalue weighted by Gasteiger charge is 2.23. The van der Waals surface area contributed by atoms with Gasteiger partial charge in [-0.05, 0) is 63.1 Å². The summed E-state index contributed by atoms with van der Waals surface area (Å²) < 4.78 is 8.85. The first-order chi connectivity index (χ1) is 15.9. The van der Waals surface area contributed by atoms with Crippen molar-refractivity contribution < 1.29 is 9.53 Å². The van der Waals surface area contributed by atoms with Gasteiger partial charge in [0.1, 0.15) is 5.69 Å². The monoisotopic (exact) mass is 463 g/mol. The van der Waals surface area contributed by atoms with E-state index in [-0.39, 0.29) is 24.1 Å². The number of fused-ring (bicyclic) bond motifs is 1. The molecule has 1 N–H and O–H groups in total. The number of nitrogens with zero attached hydrogens (tertiary/aromatic N) is 4. The quantitative estimate of drug-likeness (QED) is 0.473. The molecular formula is C24H22ClN5O3. The van der Waals surface area contributed by atoms with Crippen molar-refractivity contribution in [1.29, 1.82) is 0 Å². The summed E-state index contributed by atoms with van der Waals surface area (Å²) in [4.78, 5) is 30.1. The predicted octanol–water partition coefficient (Wildman–Crippen LogP) is 3.47. The Morgan fingerprint density at radius 2 is 2.03 bits per heavy atom. The molecule has 0 saturated heterocycles. The van der Waals surface area contributed by atoms with E-state index in [9.17, 15) is 9.59 Å². The third-order valence-corrected chi connectivity index (χ3v) is 5.73. The first-order valence-corrected chi connectivity index (χ1v) is 11.1. The molecule has 1 aliphatic carbocycles. The largest absolute Gasteiger partial charge is 0.480 e. The van der Waals surface area contributed by atoms with Gasteiger partial charge in [-0.25, -0.2) is 9.67 Å². The highest BCUT2D eigenvalue weighted by molar-refractivity contribution is 6.30. The number of halogens is 1. The van der Waals surface area contributed by atoms with Gasteiger partial charge < -0.3 is 10.1 Å². The third-order valence-electron chi connectivity index (χ3n) is 5.50. The van der Waals surface area contributed by atoms with Crippen LogP contribution in [0.25, 0.3) is 22.6 Å². The molecule has 9 heteroatoms. The van der Waals surface area contributed by atoms with Crippen molar-refractivity contribution in [3.63, 3.8) is 0 Å². The van der Waals surface area contributed by atoms with E-state index in [2.05, 4.69) is 15.4 Å². The fourth-order valence-corrected chi connectivity index (χ4v) is 3.94. The number of benzene rings is 1. The zero-order chi connectivity index (χ0) is 23.1. The van der Waals surface area contributed by atoms with Gasteiger partial charge >= 0.3 is 0 Å². The summed E-state index contributed by atoms with van der Waals surface area (Å²) in [5, 5.41) is 8.14. The minimum Gasteiger partial charge on any atom is -0.480 e. The van der Waals surface area contributed by atoms with E-state index in [1.54, 1.807) is 36.0 Å². The molecule has 0 spiro atoms. The highest BCUT2D eigenvalue weighted by atomic mass is 35.5. The average Bonchev–Trinajstić information content (AvgIpc) is 3.51. The second-order valence-electron chi connectivity index (χ2n) is 8.14. The van der Waals surface area contributed by atoms with Crippen molar-refractivity contribution in [2.75, 3.05) is 6.61 Å². The molecule has 168 valence electrons. The van der Waals surface area contributed by atoms with Crippen molar-refractivity contribution in [3.8, 4) is 22.7 Å². The smallest absolute Gasteiger partial charge is 0.267 e.